The minimum atomic E-state index is -0.940. The largest absolute Gasteiger partial charge is 0.427 e. The molecule has 0 aliphatic heterocycles. The molecule has 0 heterocycles. The van der Waals surface area contributed by atoms with Crippen LogP contribution in [0.3, 0.4) is 0 Å². The first-order valence-corrected chi connectivity index (χ1v) is 5.76. The molecule has 1 aromatic rings. The number of rotatable bonds is 5. The highest BCUT2D eigenvalue weighted by atomic mass is 16.5. The summed E-state index contributed by atoms with van der Waals surface area (Å²) < 4.78 is 4.86. The number of hydrogen-bond acceptors (Lipinski definition) is 4. The minimum Gasteiger partial charge on any atom is -0.427 e. The lowest BCUT2D eigenvalue weighted by atomic mass is 10.1. The van der Waals surface area contributed by atoms with Gasteiger partial charge in [0.2, 0.25) is 5.91 Å². The lowest BCUT2D eigenvalue weighted by Gasteiger charge is -2.13. The predicted octanol–water partition coefficient (Wildman–Crippen LogP) is 0.219. The Morgan fingerprint density at radius 3 is 2.70 bits per heavy atom. The molecule has 1 atom stereocenters. The summed E-state index contributed by atoms with van der Waals surface area (Å²) in [5.74, 6) is 0.752. The van der Waals surface area contributed by atoms with Gasteiger partial charge in [-0.3, -0.25) is 14.4 Å². The van der Waals surface area contributed by atoms with Gasteiger partial charge in [-0.25, -0.2) is 0 Å². The second kappa shape index (κ2) is 6.95. The summed E-state index contributed by atoms with van der Waals surface area (Å²) in [5.41, 5.74) is 5.36. The van der Waals surface area contributed by atoms with Crippen LogP contribution < -0.4 is 15.8 Å². The van der Waals surface area contributed by atoms with Crippen LogP contribution in [0.25, 0.3) is 0 Å². The van der Waals surface area contributed by atoms with Crippen molar-refractivity contribution < 1.29 is 19.1 Å². The highest BCUT2D eigenvalue weighted by Crippen LogP contribution is 2.13. The van der Waals surface area contributed by atoms with Gasteiger partial charge in [-0.1, -0.05) is 6.07 Å². The molecule has 0 aliphatic rings. The van der Waals surface area contributed by atoms with Crippen molar-refractivity contribution in [2.45, 2.75) is 19.4 Å². The molecule has 0 radical (unpaired) electrons. The molecule has 0 saturated heterocycles. The Kier molecular flexibility index (Phi) is 5.30. The van der Waals surface area contributed by atoms with Crippen LogP contribution >= 0.6 is 0 Å². The number of nitrogens with two attached hydrogens (primary N) is 1. The molecule has 2 amide bonds. The Morgan fingerprint density at radius 2 is 2.15 bits per heavy atom. The molecule has 104 valence electrons. The fraction of sp³-hybridized carbons (Fsp3) is 0.214. The highest BCUT2D eigenvalue weighted by molar-refractivity contribution is 5.97. The Labute approximate surface area is 116 Å². The quantitative estimate of drug-likeness (QED) is 0.456. The maximum atomic E-state index is 11.9. The van der Waals surface area contributed by atoms with Gasteiger partial charge in [-0.2, -0.15) is 0 Å². The third kappa shape index (κ3) is 4.46. The molecule has 0 aliphatic carbocycles. The lowest BCUT2D eigenvalue weighted by molar-refractivity contribution is -0.131. The van der Waals surface area contributed by atoms with E-state index in [9.17, 15) is 14.4 Å². The smallest absolute Gasteiger partial charge is 0.308 e. The van der Waals surface area contributed by atoms with Gasteiger partial charge in [0.1, 0.15) is 11.8 Å². The number of carbonyl (C=O) groups is 3. The minimum absolute atomic E-state index is 0.00467. The first-order chi connectivity index (χ1) is 9.43. The van der Waals surface area contributed by atoms with Gasteiger partial charge in [0.25, 0.3) is 5.91 Å². The number of esters is 1. The molecular weight excluding hydrogens is 260 g/mol. The number of benzene rings is 1. The van der Waals surface area contributed by atoms with E-state index in [1.54, 1.807) is 6.07 Å². The van der Waals surface area contributed by atoms with Crippen LogP contribution in [0.5, 0.6) is 5.75 Å². The maximum absolute atomic E-state index is 11.9. The zero-order valence-corrected chi connectivity index (χ0v) is 10.9. The van der Waals surface area contributed by atoms with Gasteiger partial charge in [0, 0.05) is 18.9 Å². The Hall–Kier alpha value is -2.81. The molecule has 6 nitrogen and oxygen atoms in total. The van der Waals surface area contributed by atoms with E-state index in [2.05, 4.69) is 11.2 Å². The molecule has 0 bridgehead atoms. The summed E-state index contributed by atoms with van der Waals surface area (Å²) >= 11 is 0. The van der Waals surface area contributed by atoms with E-state index in [1.807, 2.05) is 0 Å². The van der Waals surface area contributed by atoms with E-state index in [1.165, 1.54) is 25.1 Å². The maximum Gasteiger partial charge on any atom is 0.308 e. The van der Waals surface area contributed by atoms with Gasteiger partial charge in [-0.15, -0.1) is 12.3 Å². The summed E-state index contributed by atoms with van der Waals surface area (Å²) in [6.45, 7) is 1.25. The molecule has 0 spiro atoms. The summed E-state index contributed by atoms with van der Waals surface area (Å²) in [7, 11) is 0. The van der Waals surface area contributed by atoms with Gasteiger partial charge >= 0.3 is 5.97 Å². The molecule has 0 unspecified atom stereocenters. The van der Waals surface area contributed by atoms with Gasteiger partial charge in [0.15, 0.2) is 0 Å². The number of terminal acetylenes is 1. The fourth-order valence-corrected chi connectivity index (χ4v) is 1.45. The van der Waals surface area contributed by atoms with Crippen LogP contribution in [-0.2, 0) is 9.59 Å². The molecule has 1 rings (SSSR count). The fourth-order valence-electron chi connectivity index (χ4n) is 1.45. The van der Waals surface area contributed by atoms with E-state index < -0.39 is 23.8 Å². The lowest BCUT2D eigenvalue weighted by Crippen LogP contribution is -2.44. The third-order valence-electron chi connectivity index (χ3n) is 2.33. The third-order valence-corrected chi connectivity index (χ3v) is 2.33. The van der Waals surface area contributed by atoms with Gasteiger partial charge < -0.3 is 15.8 Å². The van der Waals surface area contributed by atoms with Crippen molar-refractivity contribution in [2.75, 3.05) is 0 Å². The average Bonchev–Trinajstić information content (AvgIpc) is 2.37. The summed E-state index contributed by atoms with van der Waals surface area (Å²) in [6, 6.07) is 5.03. The SMILES string of the molecule is C#CC[C@@H](NC(=O)c1cccc(OC(C)=O)c1)C(N)=O. The first-order valence-electron chi connectivity index (χ1n) is 5.76. The van der Waals surface area contributed by atoms with E-state index >= 15 is 0 Å². The number of primary amides is 1. The average molecular weight is 274 g/mol. The Balaban J connectivity index is 2.84. The second-order valence-corrected chi connectivity index (χ2v) is 3.96. The Bertz CT molecular complexity index is 575. The monoisotopic (exact) mass is 274 g/mol. The zero-order valence-electron chi connectivity index (χ0n) is 10.9. The van der Waals surface area contributed by atoms with Crippen molar-refractivity contribution >= 4 is 17.8 Å². The van der Waals surface area contributed by atoms with Crippen LogP contribution in [0.1, 0.15) is 23.7 Å². The molecule has 0 fully saturated rings. The van der Waals surface area contributed by atoms with Crippen molar-refractivity contribution in [3.63, 3.8) is 0 Å². The normalized spacial score (nSPS) is 11.0. The predicted molar refractivity (Wildman–Crippen MR) is 71.6 cm³/mol. The van der Waals surface area contributed by atoms with Crippen LogP contribution in [-0.4, -0.2) is 23.8 Å². The summed E-state index contributed by atoms with van der Waals surface area (Å²) in [4.78, 5) is 33.9. The molecule has 6 heteroatoms. The molecule has 0 saturated carbocycles. The van der Waals surface area contributed by atoms with Crippen LogP contribution in [0, 0.1) is 12.3 Å². The van der Waals surface area contributed by atoms with Crippen molar-refractivity contribution in [3.05, 3.63) is 29.8 Å². The summed E-state index contributed by atoms with van der Waals surface area (Å²) in [6.07, 6.45) is 5.10. The van der Waals surface area contributed by atoms with E-state index in [4.69, 9.17) is 16.9 Å². The van der Waals surface area contributed by atoms with E-state index in [0.29, 0.717) is 0 Å². The Morgan fingerprint density at radius 1 is 1.45 bits per heavy atom. The molecular formula is C14H14N2O4. The number of amides is 2. The van der Waals surface area contributed by atoms with Gasteiger partial charge in [0.05, 0.1) is 0 Å². The van der Waals surface area contributed by atoms with Crippen molar-refractivity contribution in [1.29, 1.82) is 0 Å². The van der Waals surface area contributed by atoms with Crippen molar-refractivity contribution in [2.24, 2.45) is 5.73 Å². The molecule has 1 aromatic carbocycles. The number of hydrogen-bond donors (Lipinski definition) is 2. The molecule has 20 heavy (non-hydrogen) atoms. The van der Waals surface area contributed by atoms with Crippen LogP contribution in [0.2, 0.25) is 0 Å². The van der Waals surface area contributed by atoms with Gasteiger partial charge in [-0.05, 0) is 18.2 Å². The summed E-state index contributed by atoms with van der Waals surface area (Å²) in [5, 5.41) is 2.42. The standard InChI is InChI=1S/C14H14N2O4/c1-3-5-12(13(15)18)16-14(19)10-6-4-7-11(8-10)20-9(2)17/h1,4,6-8,12H,5H2,2H3,(H2,15,18)(H,16,19)/t12-/m1/s1. The highest BCUT2D eigenvalue weighted by Gasteiger charge is 2.18. The van der Waals surface area contributed by atoms with Crippen LogP contribution in [0.15, 0.2) is 24.3 Å². The van der Waals surface area contributed by atoms with Crippen LogP contribution in [0.4, 0.5) is 0 Å². The second-order valence-electron chi connectivity index (χ2n) is 3.96. The number of nitrogens with one attached hydrogen (secondary N) is 1. The number of carbonyl (C=O) groups excluding carboxylic acids is 3. The van der Waals surface area contributed by atoms with Crippen molar-refractivity contribution in [3.8, 4) is 18.1 Å². The molecule has 3 N–H and O–H groups in total. The van der Waals surface area contributed by atoms with Crippen molar-refractivity contribution in [1.82, 2.24) is 5.32 Å². The van der Waals surface area contributed by atoms with E-state index in [0.717, 1.165) is 0 Å². The molecule has 0 aromatic heterocycles. The van der Waals surface area contributed by atoms with E-state index in [-0.39, 0.29) is 17.7 Å². The first kappa shape index (κ1) is 15.2. The number of ether oxygens (including phenoxy) is 1. The zero-order chi connectivity index (χ0) is 15.1. The topological polar surface area (TPSA) is 98.5 Å².